The van der Waals surface area contributed by atoms with E-state index in [2.05, 4.69) is 0 Å². The van der Waals surface area contributed by atoms with Crippen LogP contribution in [0.2, 0.25) is 0 Å². The number of amides is 2. The number of carbonyl (C=O) groups excluding carboxylic acids is 1. The molecule has 1 N–H and O–H groups in total. The third-order valence-electron chi connectivity index (χ3n) is 4.23. The van der Waals surface area contributed by atoms with E-state index < -0.39 is 11.4 Å². The average Bonchev–Trinajstić information content (AvgIpc) is 2.86. The average molecular weight is 270 g/mol. The van der Waals surface area contributed by atoms with Gasteiger partial charge in [-0.15, -0.1) is 0 Å². The smallest absolute Gasteiger partial charge is 0.320 e. The zero-order valence-electron chi connectivity index (χ0n) is 11.6. The van der Waals surface area contributed by atoms with Crippen molar-refractivity contribution in [1.82, 2.24) is 9.80 Å². The second-order valence-electron chi connectivity index (χ2n) is 5.77. The fourth-order valence-corrected chi connectivity index (χ4v) is 2.87. The zero-order chi connectivity index (χ0) is 14.0. The van der Waals surface area contributed by atoms with Gasteiger partial charge in [-0.3, -0.25) is 4.79 Å². The van der Waals surface area contributed by atoms with Gasteiger partial charge >= 0.3 is 12.0 Å². The van der Waals surface area contributed by atoms with Crippen LogP contribution in [-0.2, 0) is 9.53 Å². The van der Waals surface area contributed by atoms with Crippen LogP contribution in [-0.4, -0.2) is 66.3 Å². The van der Waals surface area contributed by atoms with Crippen LogP contribution in [0, 0.1) is 5.41 Å². The lowest BCUT2D eigenvalue weighted by Crippen LogP contribution is -2.52. The molecule has 2 heterocycles. The standard InChI is InChI=1S/C13H22N2O4/c1-13(11(16)17)5-3-6-15(9-13)12(18)14-7-4-10(8-14)19-2/h10H,3-9H2,1-2H3,(H,16,17). The second kappa shape index (κ2) is 5.36. The van der Waals surface area contributed by atoms with Gasteiger partial charge in [-0.1, -0.05) is 0 Å². The fourth-order valence-electron chi connectivity index (χ4n) is 2.87. The van der Waals surface area contributed by atoms with Crippen molar-refractivity contribution >= 4 is 12.0 Å². The lowest BCUT2D eigenvalue weighted by atomic mass is 9.82. The molecule has 2 saturated heterocycles. The third kappa shape index (κ3) is 2.83. The van der Waals surface area contributed by atoms with Gasteiger partial charge in [0, 0.05) is 33.3 Å². The summed E-state index contributed by atoms with van der Waals surface area (Å²) >= 11 is 0. The molecule has 2 rings (SSSR count). The Morgan fingerprint density at radius 3 is 2.63 bits per heavy atom. The molecule has 2 amide bonds. The van der Waals surface area contributed by atoms with E-state index >= 15 is 0 Å². The molecule has 2 aliphatic rings. The predicted octanol–water partition coefficient (Wildman–Crippen LogP) is 1.01. The number of urea groups is 1. The third-order valence-corrected chi connectivity index (χ3v) is 4.23. The lowest BCUT2D eigenvalue weighted by Gasteiger charge is -2.39. The van der Waals surface area contributed by atoms with Crippen molar-refractivity contribution < 1.29 is 19.4 Å². The van der Waals surface area contributed by atoms with Gasteiger partial charge in [-0.2, -0.15) is 0 Å². The molecule has 0 spiro atoms. The molecule has 108 valence electrons. The van der Waals surface area contributed by atoms with E-state index in [1.165, 1.54) is 0 Å². The molecule has 0 bridgehead atoms. The summed E-state index contributed by atoms with van der Waals surface area (Å²) in [7, 11) is 1.65. The molecule has 0 aromatic carbocycles. The molecule has 6 heteroatoms. The Morgan fingerprint density at radius 2 is 2.05 bits per heavy atom. The maximum atomic E-state index is 12.4. The quantitative estimate of drug-likeness (QED) is 0.813. The first-order valence-corrected chi connectivity index (χ1v) is 6.76. The van der Waals surface area contributed by atoms with Crippen molar-refractivity contribution in [3.8, 4) is 0 Å². The van der Waals surface area contributed by atoms with Gasteiger partial charge in [0.25, 0.3) is 0 Å². The summed E-state index contributed by atoms with van der Waals surface area (Å²) in [5.41, 5.74) is -0.811. The van der Waals surface area contributed by atoms with Crippen molar-refractivity contribution in [3.63, 3.8) is 0 Å². The molecule has 0 radical (unpaired) electrons. The Hall–Kier alpha value is -1.30. The highest BCUT2D eigenvalue weighted by Crippen LogP contribution is 2.30. The fraction of sp³-hybridized carbons (Fsp3) is 0.846. The van der Waals surface area contributed by atoms with E-state index in [0.717, 1.165) is 12.8 Å². The normalized spacial score (nSPS) is 31.6. The summed E-state index contributed by atoms with van der Waals surface area (Å²) < 4.78 is 5.25. The summed E-state index contributed by atoms with van der Waals surface area (Å²) in [4.78, 5) is 27.1. The number of aliphatic carboxylic acids is 1. The summed E-state index contributed by atoms with van der Waals surface area (Å²) in [6, 6.07) is -0.0493. The number of carboxylic acid groups (broad SMARTS) is 1. The number of rotatable bonds is 2. The van der Waals surface area contributed by atoms with E-state index in [-0.39, 0.29) is 12.1 Å². The van der Waals surface area contributed by atoms with Crippen molar-refractivity contribution in [1.29, 1.82) is 0 Å². The van der Waals surface area contributed by atoms with Crippen LogP contribution in [0.3, 0.4) is 0 Å². The molecule has 2 fully saturated rings. The zero-order valence-corrected chi connectivity index (χ0v) is 11.6. The number of nitrogens with zero attached hydrogens (tertiary/aromatic N) is 2. The Bertz CT molecular complexity index is 374. The minimum atomic E-state index is -0.818. The first-order chi connectivity index (χ1) is 8.96. The minimum absolute atomic E-state index is 0.0493. The van der Waals surface area contributed by atoms with Crippen LogP contribution in [0.4, 0.5) is 4.79 Å². The van der Waals surface area contributed by atoms with Crippen molar-refractivity contribution in [2.24, 2.45) is 5.41 Å². The maximum Gasteiger partial charge on any atom is 0.320 e. The second-order valence-corrected chi connectivity index (χ2v) is 5.77. The molecule has 2 unspecified atom stereocenters. The van der Waals surface area contributed by atoms with E-state index in [1.807, 2.05) is 0 Å². The van der Waals surface area contributed by atoms with Crippen LogP contribution >= 0.6 is 0 Å². The SMILES string of the molecule is COC1CCN(C(=O)N2CCCC(C)(C(=O)O)C2)C1. The van der Waals surface area contributed by atoms with Gasteiger partial charge in [0.2, 0.25) is 0 Å². The first kappa shape index (κ1) is 14.1. The van der Waals surface area contributed by atoms with Gasteiger partial charge in [0.15, 0.2) is 0 Å². The number of piperidine rings is 1. The number of hydrogen-bond acceptors (Lipinski definition) is 3. The molecule has 2 atom stereocenters. The van der Waals surface area contributed by atoms with Gasteiger partial charge < -0.3 is 19.6 Å². The number of carbonyl (C=O) groups is 2. The van der Waals surface area contributed by atoms with Gasteiger partial charge in [0.05, 0.1) is 11.5 Å². The van der Waals surface area contributed by atoms with E-state index in [1.54, 1.807) is 23.8 Å². The number of carboxylic acids is 1. The highest BCUT2D eigenvalue weighted by molar-refractivity contribution is 5.78. The maximum absolute atomic E-state index is 12.4. The van der Waals surface area contributed by atoms with Crippen molar-refractivity contribution in [3.05, 3.63) is 0 Å². The molecule has 0 aromatic rings. The van der Waals surface area contributed by atoms with Gasteiger partial charge in [0.1, 0.15) is 0 Å². The molecular weight excluding hydrogens is 248 g/mol. The topological polar surface area (TPSA) is 70.1 Å². The van der Waals surface area contributed by atoms with Crippen molar-refractivity contribution in [2.75, 3.05) is 33.3 Å². The molecule has 0 saturated carbocycles. The number of methoxy groups -OCH3 is 1. The monoisotopic (exact) mass is 270 g/mol. The van der Waals surface area contributed by atoms with Crippen LogP contribution < -0.4 is 0 Å². The summed E-state index contributed by atoms with van der Waals surface area (Å²) in [6.45, 7) is 3.97. The summed E-state index contributed by atoms with van der Waals surface area (Å²) in [5, 5.41) is 9.27. The first-order valence-electron chi connectivity index (χ1n) is 6.76. The van der Waals surface area contributed by atoms with Gasteiger partial charge in [-0.25, -0.2) is 4.79 Å². The molecular formula is C13H22N2O4. The molecule has 0 aromatic heterocycles. The summed E-state index contributed by atoms with van der Waals surface area (Å²) in [5.74, 6) is -0.818. The Balaban J connectivity index is 1.98. The van der Waals surface area contributed by atoms with Crippen LogP contribution in [0.15, 0.2) is 0 Å². The number of ether oxygens (including phenoxy) is 1. The molecule has 19 heavy (non-hydrogen) atoms. The highest BCUT2D eigenvalue weighted by Gasteiger charge is 2.41. The van der Waals surface area contributed by atoms with Gasteiger partial charge in [-0.05, 0) is 26.2 Å². The predicted molar refractivity (Wildman–Crippen MR) is 68.9 cm³/mol. The largest absolute Gasteiger partial charge is 0.481 e. The van der Waals surface area contributed by atoms with Crippen LogP contribution in [0.5, 0.6) is 0 Å². The summed E-state index contributed by atoms with van der Waals surface area (Å²) in [6.07, 6.45) is 2.34. The van der Waals surface area contributed by atoms with Crippen LogP contribution in [0.25, 0.3) is 0 Å². The Labute approximate surface area is 113 Å². The minimum Gasteiger partial charge on any atom is -0.481 e. The molecule has 6 nitrogen and oxygen atoms in total. The molecule has 2 aliphatic heterocycles. The highest BCUT2D eigenvalue weighted by atomic mass is 16.5. The van der Waals surface area contributed by atoms with E-state index in [4.69, 9.17) is 4.74 Å². The van der Waals surface area contributed by atoms with E-state index in [0.29, 0.717) is 32.6 Å². The number of hydrogen-bond donors (Lipinski definition) is 1. The Kier molecular flexibility index (Phi) is 3.99. The lowest BCUT2D eigenvalue weighted by molar-refractivity contribution is -0.150. The van der Waals surface area contributed by atoms with Crippen LogP contribution in [0.1, 0.15) is 26.2 Å². The molecule has 0 aliphatic carbocycles. The van der Waals surface area contributed by atoms with Crippen molar-refractivity contribution in [2.45, 2.75) is 32.3 Å². The Morgan fingerprint density at radius 1 is 1.32 bits per heavy atom. The number of likely N-dealkylation sites (tertiary alicyclic amines) is 2. The van der Waals surface area contributed by atoms with E-state index in [9.17, 15) is 14.7 Å².